The number of hydrogen-bond acceptors (Lipinski definition) is 7. The van der Waals surface area contributed by atoms with Crippen LogP contribution in [0.4, 0.5) is 15.8 Å². The summed E-state index contributed by atoms with van der Waals surface area (Å²) in [6.07, 6.45) is 1.35. The van der Waals surface area contributed by atoms with E-state index in [2.05, 4.69) is 5.32 Å². The average Bonchev–Trinajstić information content (AvgIpc) is 2.87. The van der Waals surface area contributed by atoms with E-state index in [-0.39, 0.29) is 35.1 Å². The number of nitrogens with one attached hydrogen (secondary N) is 1. The second-order valence-corrected chi connectivity index (χ2v) is 7.32. The van der Waals surface area contributed by atoms with Gasteiger partial charge in [-0.1, -0.05) is 18.2 Å². The Kier molecular flexibility index (Phi) is 8.56. The smallest absolute Gasteiger partial charge is 0.271 e. The van der Waals surface area contributed by atoms with E-state index in [4.69, 9.17) is 14.2 Å². The first-order valence-corrected chi connectivity index (χ1v) is 10.7. The average molecular weight is 491 g/mol. The fraction of sp³-hybridized carbons (Fsp3) is 0.154. The Morgan fingerprint density at radius 2 is 1.81 bits per heavy atom. The molecule has 3 rings (SSSR count). The molecule has 0 radical (unpaired) electrons. The predicted octanol–water partition coefficient (Wildman–Crippen LogP) is 5.27. The van der Waals surface area contributed by atoms with Crippen LogP contribution in [-0.2, 0) is 11.4 Å². The van der Waals surface area contributed by atoms with Crippen LogP contribution in [0.1, 0.15) is 18.1 Å². The summed E-state index contributed by atoms with van der Waals surface area (Å²) in [6.45, 7) is 2.33. The van der Waals surface area contributed by atoms with Crippen molar-refractivity contribution in [2.45, 2.75) is 13.5 Å². The van der Waals surface area contributed by atoms with Crippen molar-refractivity contribution in [2.75, 3.05) is 19.0 Å². The van der Waals surface area contributed by atoms with E-state index < -0.39 is 10.8 Å². The number of carbonyl (C=O) groups is 1. The van der Waals surface area contributed by atoms with E-state index in [1.807, 2.05) is 6.07 Å². The fourth-order valence-corrected chi connectivity index (χ4v) is 3.16. The lowest BCUT2D eigenvalue weighted by atomic mass is 10.1. The first-order valence-electron chi connectivity index (χ1n) is 10.7. The Morgan fingerprint density at radius 3 is 2.44 bits per heavy atom. The van der Waals surface area contributed by atoms with Gasteiger partial charge in [-0.05, 0) is 54.5 Å². The highest BCUT2D eigenvalue weighted by molar-refractivity contribution is 6.10. The molecule has 0 unspecified atom stereocenters. The van der Waals surface area contributed by atoms with Gasteiger partial charge < -0.3 is 19.5 Å². The third kappa shape index (κ3) is 6.57. The molecule has 1 amide bonds. The molecule has 0 aliphatic rings. The molecule has 0 atom stereocenters. The molecule has 3 aromatic rings. The lowest BCUT2D eigenvalue weighted by molar-refractivity contribution is -0.384. The van der Waals surface area contributed by atoms with Crippen molar-refractivity contribution in [3.63, 3.8) is 0 Å². The summed E-state index contributed by atoms with van der Waals surface area (Å²) in [7, 11) is 1.35. The molecule has 3 aromatic carbocycles. The van der Waals surface area contributed by atoms with Crippen LogP contribution in [0.25, 0.3) is 6.08 Å². The van der Waals surface area contributed by atoms with Crippen LogP contribution in [0.2, 0.25) is 0 Å². The van der Waals surface area contributed by atoms with Gasteiger partial charge in [0.25, 0.3) is 11.6 Å². The van der Waals surface area contributed by atoms with Crippen molar-refractivity contribution in [2.24, 2.45) is 0 Å². The number of benzene rings is 3. The second-order valence-electron chi connectivity index (χ2n) is 7.32. The highest BCUT2D eigenvalue weighted by Crippen LogP contribution is 2.31. The topological polar surface area (TPSA) is 124 Å². The van der Waals surface area contributed by atoms with Gasteiger partial charge in [-0.25, -0.2) is 4.39 Å². The van der Waals surface area contributed by atoms with E-state index in [0.29, 0.717) is 23.7 Å². The zero-order valence-electron chi connectivity index (χ0n) is 19.5. The number of anilines is 1. The third-order valence-corrected chi connectivity index (χ3v) is 4.89. The van der Waals surface area contributed by atoms with Crippen molar-refractivity contribution >= 4 is 23.4 Å². The molecule has 0 fully saturated rings. The van der Waals surface area contributed by atoms with Crippen LogP contribution in [0.5, 0.6) is 17.2 Å². The summed E-state index contributed by atoms with van der Waals surface area (Å²) in [5.74, 6) is -0.0846. The zero-order valence-corrected chi connectivity index (χ0v) is 19.5. The van der Waals surface area contributed by atoms with E-state index in [1.54, 1.807) is 37.3 Å². The first-order chi connectivity index (χ1) is 17.3. The Labute approximate surface area is 206 Å². The third-order valence-electron chi connectivity index (χ3n) is 4.89. The van der Waals surface area contributed by atoms with Gasteiger partial charge in [0, 0.05) is 12.1 Å². The lowest BCUT2D eigenvalue weighted by Gasteiger charge is -2.13. The minimum Gasteiger partial charge on any atom is -0.495 e. The van der Waals surface area contributed by atoms with Gasteiger partial charge in [0.2, 0.25) is 0 Å². The number of nitro groups is 1. The van der Waals surface area contributed by atoms with Crippen LogP contribution in [0.15, 0.2) is 66.2 Å². The SMILES string of the molecule is CCOc1cc(/C=C(\C#N)C(=O)Nc2cc([N+](=O)[O-])ccc2OC)ccc1OCc1ccc(F)cc1. The number of non-ortho nitro benzene ring substituents is 1. The van der Waals surface area contributed by atoms with E-state index in [0.717, 1.165) is 11.6 Å². The Hall–Kier alpha value is -4.91. The predicted molar refractivity (Wildman–Crippen MR) is 130 cm³/mol. The fourth-order valence-electron chi connectivity index (χ4n) is 3.16. The summed E-state index contributed by atoms with van der Waals surface area (Å²) >= 11 is 0. The number of carbonyl (C=O) groups excluding carboxylic acids is 1. The van der Waals surface area contributed by atoms with Crippen LogP contribution in [0, 0.1) is 27.3 Å². The highest BCUT2D eigenvalue weighted by atomic mass is 19.1. The molecule has 10 heteroatoms. The van der Waals surface area contributed by atoms with Crippen molar-refractivity contribution in [1.82, 2.24) is 0 Å². The molecule has 0 aromatic heterocycles. The number of nitrogens with zero attached hydrogens (tertiary/aromatic N) is 2. The summed E-state index contributed by atoms with van der Waals surface area (Å²) in [5, 5.41) is 23.1. The molecule has 1 N–H and O–H groups in total. The van der Waals surface area contributed by atoms with Crippen LogP contribution in [-0.4, -0.2) is 24.5 Å². The molecule has 0 saturated heterocycles. The van der Waals surface area contributed by atoms with Crippen molar-refractivity contribution in [3.05, 3.63) is 93.3 Å². The maximum absolute atomic E-state index is 13.1. The molecule has 0 spiro atoms. The molecule has 184 valence electrons. The van der Waals surface area contributed by atoms with Gasteiger partial charge in [0.15, 0.2) is 11.5 Å². The number of halogens is 1. The quantitative estimate of drug-likeness (QED) is 0.177. The summed E-state index contributed by atoms with van der Waals surface area (Å²) < 4.78 is 29.7. The molecule has 0 aliphatic carbocycles. The monoisotopic (exact) mass is 491 g/mol. The van der Waals surface area contributed by atoms with Crippen LogP contribution in [0.3, 0.4) is 0 Å². The summed E-state index contributed by atoms with van der Waals surface area (Å²) in [5.41, 5.74) is 0.822. The molecule has 0 heterocycles. The zero-order chi connectivity index (χ0) is 26.1. The maximum atomic E-state index is 13.1. The van der Waals surface area contributed by atoms with E-state index >= 15 is 0 Å². The number of rotatable bonds is 10. The normalized spacial score (nSPS) is 10.8. The second kappa shape index (κ2) is 12.0. The lowest BCUT2D eigenvalue weighted by Crippen LogP contribution is -2.14. The number of nitriles is 1. The van der Waals surface area contributed by atoms with Gasteiger partial charge in [0.05, 0.1) is 24.3 Å². The molecular weight excluding hydrogens is 469 g/mol. The number of ether oxygens (including phenoxy) is 3. The summed E-state index contributed by atoms with van der Waals surface area (Å²) in [6, 6.07) is 16.4. The summed E-state index contributed by atoms with van der Waals surface area (Å²) in [4.78, 5) is 23.2. The van der Waals surface area contributed by atoms with Crippen molar-refractivity contribution < 1.29 is 28.3 Å². The van der Waals surface area contributed by atoms with Crippen molar-refractivity contribution in [3.8, 4) is 23.3 Å². The van der Waals surface area contributed by atoms with Crippen molar-refractivity contribution in [1.29, 1.82) is 5.26 Å². The molecule has 0 aliphatic heterocycles. The van der Waals surface area contributed by atoms with Gasteiger partial charge >= 0.3 is 0 Å². The van der Waals surface area contributed by atoms with Gasteiger partial charge in [-0.15, -0.1) is 0 Å². The Bertz CT molecular complexity index is 1330. The van der Waals surface area contributed by atoms with Gasteiger partial charge in [-0.3, -0.25) is 14.9 Å². The van der Waals surface area contributed by atoms with Gasteiger partial charge in [0.1, 0.15) is 29.8 Å². The number of amides is 1. The standard InChI is InChI=1S/C26H22FN3O6/c1-3-35-25-13-18(6-10-24(25)36-16-17-4-7-20(27)8-5-17)12-19(15-28)26(31)29-22-14-21(30(32)33)9-11-23(22)34-2/h4-14H,3,16H2,1-2H3,(H,29,31)/b19-12+. The first kappa shape index (κ1) is 25.7. The van der Waals surface area contributed by atoms with E-state index in [1.165, 1.54) is 37.5 Å². The molecular formula is C26H22FN3O6. The highest BCUT2D eigenvalue weighted by Gasteiger charge is 2.17. The molecule has 0 bridgehead atoms. The molecule has 0 saturated carbocycles. The number of hydrogen-bond donors (Lipinski definition) is 1. The number of nitro benzene ring substituents is 1. The molecule has 36 heavy (non-hydrogen) atoms. The Balaban J connectivity index is 1.82. The van der Waals surface area contributed by atoms with Crippen LogP contribution < -0.4 is 19.5 Å². The van der Waals surface area contributed by atoms with Gasteiger partial charge in [-0.2, -0.15) is 5.26 Å². The maximum Gasteiger partial charge on any atom is 0.271 e. The Morgan fingerprint density at radius 1 is 1.08 bits per heavy atom. The van der Waals surface area contributed by atoms with E-state index in [9.17, 15) is 24.6 Å². The molecule has 9 nitrogen and oxygen atoms in total. The largest absolute Gasteiger partial charge is 0.495 e. The number of methoxy groups -OCH3 is 1. The minimum atomic E-state index is -0.772. The van der Waals surface area contributed by atoms with Crippen LogP contribution >= 0.6 is 0 Å². The minimum absolute atomic E-state index is 0.0531.